The van der Waals surface area contributed by atoms with Gasteiger partial charge in [0.25, 0.3) is 0 Å². The summed E-state index contributed by atoms with van der Waals surface area (Å²) in [6, 6.07) is 7.15. The van der Waals surface area contributed by atoms with Crippen molar-refractivity contribution in [1.29, 1.82) is 0 Å². The Bertz CT molecular complexity index is 1080. The normalized spacial score (nSPS) is 21.5. The van der Waals surface area contributed by atoms with Crippen LogP contribution in [0.3, 0.4) is 0 Å². The minimum Gasteiger partial charge on any atom is -0.497 e. The molecule has 34 heavy (non-hydrogen) atoms. The van der Waals surface area contributed by atoms with Crippen molar-refractivity contribution in [1.82, 2.24) is 19.1 Å². The van der Waals surface area contributed by atoms with E-state index in [1.807, 2.05) is 4.57 Å². The van der Waals surface area contributed by atoms with E-state index in [9.17, 15) is 13.2 Å². The number of benzene rings is 1. The van der Waals surface area contributed by atoms with Crippen molar-refractivity contribution in [2.45, 2.75) is 49.4 Å². The molecule has 0 spiro atoms. The summed E-state index contributed by atoms with van der Waals surface area (Å²) in [7, 11) is -1.67. The third-order valence-electron chi connectivity index (χ3n) is 6.08. The Morgan fingerprint density at radius 2 is 2.03 bits per heavy atom. The highest BCUT2D eigenvalue weighted by Crippen LogP contribution is 2.31. The summed E-state index contributed by atoms with van der Waals surface area (Å²) in [5.41, 5.74) is 0.691. The van der Waals surface area contributed by atoms with E-state index in [0.717, 1.165) is 43.9 Å². The van der Waals surface area contributed by atoms with Gasteiger partial charge >= 0.3 is 0 Å². The van der Waals surface area contributed by atoms with Crippen LogP contribution in [0.2, 0.25) is 0 Å². The fraction of sp³-hybridized carbons (Fsp3) is 0.591. The Balaban J connectivity index is 1.46. The van der Waals surface area contributed by atoms with Crippen molar-refractivity contribution < 1.29 is 22.7 Å². The molecule has 1 amide bonds. The van der Waals surface area contributed by atoms with Gasteiger partial charge in [-0.25, -0.2) is 12.7 Å². The van der Waals surface area contributed by atoms with Gasteiger partial charge in [-0.3, -0.25) is 4.79 Å². The van der Waals surface area contributed by atoms with Crippen LogP contribution in [-0.2, 0) is 26.1 Å². The van der Waals surface area contributed by atoms with Gasteiger partial charge in [0.05, 0.1) is 31.8 Å². The predicted molar refractivity (Wildman–Crippen MR) is 130 cm³/mol. The van der Waals surface area contributed by atoms with Crippen LogP contribution in [0.1, 0.15) is 37.4 Å². The van der Waals surface area contributed by atoms with Gasteiger partial charge in [-0.2, -0.15) is 0 Å². The number of hydrogen-bond donors (Lipinski definition) is 1. The summed E-state index contributed by atoms with van der Waals surface area (Å²) in [4.78, 5) is 12.5. The average molecular weight is 510 g/mol. The molecule has 12 heteroatoms. The predicted octanol–water partition coefficient (Wildman–Crippen LogP) is 2.34. The highest BCUT2D eigenvalue weighted by Gasteiger charge is 2.32. The third-order valence-corrected chi connectivity index (χ3v) is 8.32. The smallest absolute Gasteiger partial charge is 0.234 e. The topological polar surface area (TPSA) is 116 Å². The van der Waals surface area contributed by atoms with E-state index >= 15 is 0 Å². The van der Waals surface area contributed by atoms with Crippen LogP contribution in [-0.4, -0.2) is 78.3 Å². The highest BCUT2D eigenvalue weighted by atomic mass is 32.2. The van der Waals surface area contributed by atoms with Crippen LogP contribution >= 0.6 is 11.8 Å². The van der Waals surface area contributed by atoms with Crippen LogP contribution in [0.5, 0.6) is 5.75 Å². The molecule has 2 saturated heterocycles. The lowest BCUT2D eigenvalue weighted by molar-refractivity contribution is -0.113. The molecule has 1 N–H and O–H groups in total. The molecular formula is C22H31N5O5S2. The molecule has 2 fully saturated rings. The molecule has 3 heterocycles. The van der Waals surface area contributed by atoms with E-state index in [4.69, 9.17) is 9.47 Å². The molecule has 0 bridgehead atoms. The van der Waals surface area contributed by atoms with Gasteiger partial charge in [-0.1, -0.05) is 11.8 Å². The van der Waals surface area contributed by atoms with E-state index in [1.165, 1.54) is 22.3 Å². The Labute approximate surface area is 204 Å². The second-order valence-corrected chi connectivity index (χ2v) is 11.5. The summed E-state index contributed by atoms with van der Waals surface area (Å²) < 4.78 is 38.7. The number of piperidine rings is 1. The number of carbonyl (C=O) groups is 1. The molecule has 10 nitrogen and oxygen atoms in total. The number of nitrogens with zero attached hydrogens (tertiary/aromatic N) is 4. The van der Waals surface area contributed by atoms with Crippen LogP contribution in [0.4, 0.5) is 5.69 Å². The molecule has 2 aliphatic rings. The zero-order chi connectivity index (χ0) is 24.1. The summed E-state index contributed by atoms with van der Waals surface area (Å²) in [6.45, 7) is 2.26. The van der Waals surface area contributed by atoms with Crippen LogP contribution in [0.15, 0.2) is 29.4 Å². The number of aromatic nitrogens is 3. The van der Waals surface area contributed by atoms with Gasteiger partial charge in [0.1, 0.15) is 11.6 Å². The summed E-state index contributed by atoms with van der Waals surface area (Å²) in [5, 5.41) is 12.4. The lowest BCUT2D eigenvalue weighted by Crippen LogP contribution is -2.39. The number of ether oxygens (including phenoxy) is 2. The molecule has 0 unspecified atom stereocenters. The summed E-state index contributed by atoms with van der Waals surface area (Å²) in [6.07, 6.45) is 4.90. The first-order valence-electron chi connectivity index (χ1n) is 11.4. The van der Waals surface area contributed by atoms with Crippen LogP contribution < -0.4 is 10.1 Å². The largest absolute Gasteiger partial charge is 0.497 e. The monoisotopic (exact) mass is 509 g/mol. The maximum Gasteiger partial charge on any atom is 0.234 e. The number of carbonyl (C=O) groups excluding carboxylic acids is 1. The van der Waals surface area contributed by atoms with Gasteiger partial charge in [0.15, 0.2) is 5.16 Å². The van der Waals surface area contributed by atoms with E-state index < -0.39 is 10.0 Å². The maximum atomic E-state index is 12.5. The first kappa shape index (κ1) is 25.0. The zero-order valence-corrected chi connectivity index (χ0v) is 21.1. The molecule has 0 radical (unpaired) electrons. The Kier molecular flexibility index (Phi) is 8.12. The van der Waals surface area contributed by atoms with Gasteiger partial charge in [-0.15, -0.1) is 10.2 Å². The number of rotatable bonds is 9. The van der Waals surface area contributed by atoms with Crippen molar-refractivity contribution in [3.05, 3.63) is 30.1 Å². The van der Waals surface area contributed by atoms with Crippen molar-refractivity contribution >= 4 is 33.4 Å². The average Bonchev–Trinajstić information content (AvgIpc) is 3.48. The number of anilines is 1. The first-order valence-corrected chi connectivity index (χ1v) is 14.2. The van der Waals surface area contributed by atoms with E-state index in [-0.39, 0.29) is 23.7 Å². The van der Waals surface area contributed by atoms with E-state index in [2.05, 4.69) is 15.5 Å². The molecule has 0 saturated carbocycles. The van der Waals surface area contributed by atoms with Crippen molar-refractivity contribution in [3.8, 4) is 5.75 Å². The Morgan fingerprint density at radius 1 is 1.24 bits per heavy atom. The van der Waals surface area contributed by atoms with Crippen molar-refractivity contribution in [2.24, 2.45) is 0 Å². The Hall–Kier alpha value is -2.15. The maximum absolute atomic E-state index is 12.5. The molecule has 1 aromatic heterocycles. The van der Waals surface area contributed by atoms with Gasteiger partial charge in [-0.05, 0) is 49.9 Å². The fourth-order valence-corrected chi connectivity index (χ4v) is 5.99. The molecule has 186 valence electrons. The Morgan fingerprint density at radius 3 is 2.71 bits per heavy atom. The molecule has 4 rings (SSSR count). The van der Waals surface area contributed by atoms with Crippen molar-refractivity contribution in [2.75, 3.05) is 44.1 Å². The molecule has 0 aliphatic carbocycles. The van der Waals surface area contributed by atoms with Crippen LogP contribution in [0.25, 0.3) is 0 Å². The number of amides is 1. The number of hydrogen-bond acceptors (Lipinski definition) is 8. The number of methoxy groups -OCH3 is 1. The minimum atomic E-state index is -3.27. The second-order valence-electron chi connectivity index (χ2n) is 8.61. The molecule has 2 aromatic rings. The molecule has 1 aromatic carbocycles. The highest BCUT2D eigenvalue weighted by molar-refractivity contribution is 7.99. The number of sulfonamides is 1. The summed E-state index contributed by atoms with van der Waals surface area (Å²) in [5.74, 6) is 1.47. The second kappa shape index (κ2) is 11.1. The van der Waals surface area contributed by atoms with E-state index in [0.29, 0.717) is 30.5 Å². The first-order chi connectivity index (χ1) is 16.3. The fourth-order valence-electron chi connectivity index (χ4n) is 4.33. The molecular weight excluding hydrogens is 478 g/mol. The quantitative estimate of drug-likeness (QED) is 0.512. The lowest BCUT2D eigenvalue weighted by Gasteiger charge is -2.30. The standard InChI is InChI=1S/C22H31N5O5S2/c1-31-18-9-7-17(8-10-18)23-20(28)15-33-22-25-24-21(27(22)14-19-6-4-12-32-19)16-5-3-11-26(13-16)34(2,29)30/h7-10,16,19H,3-6,11-15H2,1-2H3,(H,23,28)/t16-,19+/m0/s1. The summed E-state index contributed by atoms with van der Waals surface area (Å²) >= 11 is 1.32. The zero-order valence-electron chi connectivity index (χ0n) is 19.5. The van der Waals surface area contributed by atoms with E-state index in [1.54, 1.807) is 31.4 Å². The number of thioether (sulfide) groups is 1. The van der Waals surface area contributed by atoms with Gasteiger partial charge in [0, 0.05) is 31.3 Å². The van der Waals surface area contributed by atoms with Gasteiger partial charge < -0.3 is 19.4 Å². The molecule has 2 aliphatic heterocycles. The SMILES string of the molecule is COc1ccc(NC(=O)CSc2nnc([C@H]3CCCN(S(C)(=O)=O)C3)n2C[C@H]2CCCO2)cc1. The van der Waals surface area contributed by atoms with Crippen molar-refractivity contribution in [3.63, 3.8) is 0 Å². The van der Waals surface area contributed by atoms with Crippen LogP contribution in [0, 0.1) is 0 Å². The molecule has 2 atom stereocenters. The lowest BCUT2D eigenvalue weighted by atomic mass is 9.98. The minimum absolute atomic E-state index is 0.0418. The van der Waals surface area contributed by atoms with Gasteiger partial charge in [0.2, 0.25) is 15.9 Å². The number of nitrogens with one attached hydrogen (secondary N) is 1. The third kappa shape index (κ3) is 6.29.